The molecule has 1 rings (SSSR count). The predicted molar refractivity (Wildman–Crippen MR) is 46.0 cm³/mol. The second-order valence-electron chi connectivity index (χ2n) is 2.45. The van der Waals surface area contributed by atoms with E-state index < -0.39 is 0 Å². The first-order valence-corrected chi connectivity index (χ1v) is 3.77. The number of H-pyrrole nitrogens is 1. The molecular weight excluding hydrogens is 160 g/mol. The molecule has 1 heterocycles. The van der Waals surface area contributed by atoms with E-state index in [1.165, 1.54) is 6.33 Å². The summed E-state index contributed by atoms with van der Waals surface area (Å²) in [6, 6.07) is 0.343. The van der Waals surface area contributed by atoms with Crippen molar-refractivity contribution < 1.29 is 0 Å². The Balaban J connectivity index is 2.80. The zero-order valence-corrected chi connectivity index (χ0v) is 7.27. The van der Waals surface area contributed by atoms with Crippen LogP contribution in [-0.4, -0.2) is 21.0 Å². The molecule has 0 radical (unpaired) electrons. The molecule has 0 bridgehead atoms. The molecule has 1 aromatic heterocycles. The van der Waals surface area contributed by atoms with Gasteiger partial charge in [0.2, 0.25) is 10.7 Å². The van der Waals surface area contributed by atoms with E-state index >= 15 is 0 Å². The molecule has 0 aliphatic carbocycles. The van der Waals surface area contributed by atoms with Crippen molar-refractivity contribution in [2.24, 2.45) is 0 Å². The first-order chi connectivity index (χ1) is 5.18. The number of rotatable bonds is 2. The van der Waals surface area contributed by atoms with E-state index in [0.29, 0.717) is 16.8 Å². The van der Waals surface area contributed by atoms with Gasteiger partial charge in [-0.2, -0.15) is 0 Å². The molecule has 60 valence electrons. The fourth-order valence-electron chi connectivity index (χ4n) is 0.652. The van der Waals surface area contributed by atoms with Crippen LogP contribution in [0.4, 0.5) is 5.95 Å². The molecule has 1 aromatic rings. The molecule has 0 unspecified atom stereocenters. The van der Waals surface area contributed by atoms with Crippen LogP contribution < -0.4 is 5.32 Å². The molecule has 0 saturated heterocycles. The van der Waals surface area contributed by atoms with Gasteiger partial charge in [0.25, 0.3) is 0 Å². The van der Waals surface area contributed by atoms with Crippen LogP contribution in [0.25, 0.3) is 0 Å². The summed E-state index contributed by atoms with van der Waals surface area (Å²) in [6.07, 6.45) is 1.43. The second-order valence-corrected chi connectivity index (χ2v) is 2.84. The van der Waals surface area contributed by atoms with E-state index in [1.807, 2.05) is 13.8 Å². The smallest absolute Gasteiger partial charge is 0.204 e. The Morgan fingerprint density at radius 1 is 1.55 bits per heavy atom. The van der Waals surface area contributed by atoms with Crippen LogP contribution in [0.1, 0.15) is 13.8 Å². The van der Waals surface area contributed by atoms with Crippen molar-refractivity contribution in [1.29, 1.82) is 0 Å². The van der Waals surface area contributed by atoms with Gasteiger partial charge in [0.05, 0.1) is 0 Å². The Morgan fingerprint density at radius 3 is 2.82 bits per heavy atom. The number of anilines is 1. The van der Waals surface area contributed by atoms with Gasteiger partial charge in [-0.15, -0.1) is 0 Å². The normalized spacial score (nSPS) is 10.1. The molecule has 11 heavy (non-hydrogen) atoms. The van der Waals surface area contributed by atoms with Crippen LogP contribution in [-0.2, 0) is 0 Å². The lowest BCUT2D eigenvalue weighted by molar-refractivity contribution is 0.863. The summed E-state index contributed by atoms with van der Waals surface area (Å²) in [5.74, 6) is 0.667. The summed E-state index contributed by atoms with van der Waals surface area (Å²) in [4.78, 5) is 10.5. The van der Waals surface area contributed by atoms with Crippen LogP contribution in [0.5, 0.6) is 0 Å². The molecule has 0 saturated carbocycles. The summed E-state index contributed by atoms with van der Waals surface area (Å²) in [5, 5.41) is 3.07. The highest BCUT2D eigenvalue weighted by Gasteiger charge is 1.94. The van der Waals surface area contributed by atoms with E-state index in [1.54, 1.807) is 0 Å². The van der Waals surface area contributed by atoms with Crippen LogP contribution >= 0.6 is 12.2 Å². The molecular formula is C6H10N4S. The molecule has 0 aliphatic rings. The van der Waals surface area contributed by atoms with Crippen molar-refractivity contribution in [1.82, 2.24) is 15.0 Å². The molecule has 5 heteroatoms. The van der Waals surface area contributed by atoms with Crippen LogP contribution in [0.3, 0.4) is 0 Å². The number of hydrogen-bond acceptors (Lipinski definition) is 4. The lowest BCUT2D eigenvalue weighted by atomic mass is 10.4. The zero-order chi connectivity index (χ0) is 8.27. The average molecular weight is 170 g/mol. The number of hydrogen-bond donors (Lipinski definition) is 2. The van der Waals surface area contributed by atoms with Gasteiger partial charge in [-0.25, -0.2) is 9.97 Å². The quantitative estimate of drug-likeness (QED) is 0.658. The highest BCUT2D eigenvalue weighted by molar-refractivity contribution is 7.71. The van der Waals surface area contributed by atoms with Gasteiger partial charge in [0.1, 0.15) is 6.33 Å². The van der Waals surface area contributed by atoms with E-state index in [2.05, 4.69) is 20.3 Å². The van der Waals surface area contributed by atoms with E-state index in [0.717, 1.165) is 0 Å². The van der Waals surface area contributed by atoms with Crippen LogP contribution in [0.15, 0.2) is 6.33 Å². The van der Waals surface area contributed by atoms with E-state index in [9.17, 15) is 0 Å². The van der Waals surface area contributed by atoms with Gasteiger partial charge >= 0.3 is 0 Å². The van der Waals surface area contributed by atoms with Gasteiger partial charge in [-0.1, -0.05) is 0 Å². The van der Waals surface area contributed by atoms with Gasteiger partial charge in [-0.05, 0) is 26.1 Å². The maximum absolute atomic E-state index is 4.81. The molecule has 0 fully saturated rings. The standard InChI is InChI=1S/C6H10N4S/c1-4(2)9-5-7-3-8-6(11)10-5/h3-4H,1-2H3,(H2,7,8,9,10,11). The number of aromatic amines is 1. The first kappa shape index (κ1) is 8.13. The topological polar surface area (TPSA) is 53.6 Å². The number of nitrogens with zero attached hydrogens (tertiary/aromatic N) is 2. The third kappa shape index (κ3) is 2.63. The molecule has 4 nitrogen and oxygen atoms in total. The minimum atomic E-state index is 0.343. The van der Waals surface area contributed by atoms with Crippen molar-refractivity contribution in [3.63, 3.8) is 0 Å². The molecule has 0 aromatic carbocycles. The summed E-state index contributed by atoms with van der Waals surface area (Å²) in [6.45, 7) is 4.05. The Morgan fingerprint density at radius 2 is 2.27 bits per heavy atom. The summed E-state index contributed by atoms with van der Waals surface area (Å²) in [5.41, 5.74) is 0. The minimum absolute atomic E-state index is 0.343. The van der Waals surface area contributed by atoms with Gasteiger partial charge in [-0.3, -0.25) is 0 Å². The van der Waals surface area contributed by atoms with Crippen molar-refractivity contribution in [3.8, 4) is 0 Å². The fraction of sp³-hybridized carbons (Fsp3) is 0.500. The number of nitrogens with one attached hydrogen (secondary N) is 2. The second kappa shape index (κ2) is 3.43. The van der Waals surface area contributed by atoms with Crippen molar-refractivity contribution >= 4 is 18.2 Å². The van der Waals surface area contributed by atoms with Crippen LogP contribution in [0.2, 0.25) is 0 Å². The van der Waals surface area contributed by atoms with Crippen molar-refractivity contribution in [2.75, 3.05) is 5.32 Å². The Kier molecular flexibility index (Phi) is 2.53. The maximum atomic E-state index is 4.81. The lowest BCUT2D eigenvalue weighted by Gasteiger charge is -2.06. The molecule has 0 atom stereocenters. The number of aromatic nitrogens is 3. The minimum Gasteiger partial charge on any atom is -0.354 e. The van der Waals surface area contributed by atoms with Crippen molar-refractivity contribution in [3.05, 3.63) is 11.1 Å². The fourth-order valence-corrected chi connectivity index (χ4v) is 0.795. The maximum Gasteiger partial charge on any atom is 0.204 e. The highest BCUT2D eigenvalue weighted by Crippen LogP contribution is 1.95. The molecule has 0 spiro atoms. The monoisotopic (exact) mass is 170 g/mol. The van der Waals surface area contributed by atoms with Gasteiger partial charge in [0, 0.05) is 6.04 Å². The zero-order valence-electron chi connectivity index (χ0n) is 6.46. The first-order valence-electron chi connectivity index (χ1n) is 3.36. The Hall–Kier alpha value is -0.970. The summed E-state index contributed by atoms with van der Waals surface area (Å²) in [7, 11) is 0. The third-order valence-corrected chi connectivity index (χ3v) is 1.22. The predicted octanol–water partition coefficient (Wildman–Crippen LogP) is 1.35. The Bertz CT molecular complexity index is 280. The molecule has 0 aliphatic heterocycles. The largest absolute Gasteiger partial charge is 0.354 e. The van der Waals surface area contributed by atoms with Gasteiger partial charge < -0.3 is 10.3 Å². The lowest BCUT2D eigenvalue weighted by Crippen LogP contribution is -2.12. The summed E-state index contributed by atoms with van der Waals surface area (Å²) < 4.78 is 0.447. The molecule has 2 N–H and O–H groups in total. The third-order valence-electron chi connectivity index (χ3n) is 1.01. The van der Waals surface area contributed by atoms with Gasteiger partial charge in [0.15, 0.2) is 0 Å². The van der Waals surface area contributed by atoms with Crippen molar-refractivity contribution in [2.45, 2.75) is 19.9 Å². The average Bonchev–Trinajstić information content (AvgIpc) is 1.85. The SMILES string of the molecule is CC(C)Nc1ncnc(=S)[nH]1. The van der Waals surface area contributed by atoms with E-state index in [-0.39, 0.29) is 0 Å². The summed E-state index contributed by atoms with van der Waals surface area (Å²) >= 11 is 4.81. The Labute approximate surface area is 70.1 Å². The molecule has 0 amide bonds. The highest BCUT2D eigenvalue weighted by atomic mass is 32.1. The van der Waals surface area contributed by atoms with E-state index in [4.69, 9.17) is 12.2 Å². The van der Waals surface area contributed by atoms with Crippen LogP contribution in [0, 0.1) is 4.77 Å².